The quantitative estimate of drug-likeness (QED) is 0.155. The third-order valence-corrected chi connectivity index (χ3v) is 3.98. The van der Waals surface area contributed by atoms with Gasteiger partial charge in [0.25, 0.3) is 6.23 Å². The lowest BCUT2D eigenvalue weighted by Crippen LogP contribution is -2.54. The molecule has 1 fully saturated rings. The van der Waals surface area contributed by atoms with Crippen molar-refractivity contribution < 1.29 is 79.6 Å². The number of carbonyl (C=O) groups is 3. The van der Waals surface area contributed by atoms with E-state index >= 15 is 0 Å². The van der Waals surface area contributed by atoms with Crippen molar-refractivity contribution in [1.29, 1.82) is 0 Å². The number of quaternary nitrogens is 2. The van der Waals surface area contributed by atoms with E-state index in [1.165, 1.54) is 22.9 Å². The maximum Gasteiger partial charge on any atom is 0.359 e. The molecule has 2 rings (SSSR count). The Morgan fingerprint density at radius 3 is 2.03 bits per heavy atom. The van der Waals surface area contributed by atoms with E-state index in [0.717, 1.165) is 6.20 Å². The van der Waals surface area contributed by atoms with Crippen LogP contribution < -0.4 is 30.9 Å². The van der Waals surface area contributed by atoms with Crippen LogP contribution in [-0.4, -0.2) is 76.3 Å². The van der Waals surface area contributed by atoms with Gasteiger partial charge in [-0.2, -0.15) is 4.57 Å². The molecule has 2 heterocycles. The van der Waals surface area contributed by atoms with Crippen molar-refractivity contribution in [2.45, 2.75) is 24.5 Å². The number of aliphatic hydroxyl groups is 2. The van der Waals surface area contributed by atoms with E-state index < -0.39 is 56.9 Å². The van der Waals surface area contributed by atoms with E-state index in [1.54, 1.807) is 0 Å². The third-order valence-electron chi connectivity index (χ3n) is 3.51. The van der Waals surface area contributed by atoms with Crippen molar-refractivity contribution >= 4 is 25.7 Å². The number of hydrogen-bond donors (Lipinski definition) is 6. The highest BCUT2D eigenvalue weighted by atomic mass is 31.2. The van der Waals surface area contributed by atoms with Crippen molar-refractivity contribution in [3.05, 3.63) is 30.1 Å². The molecule has 1 aliphatic heterocycles. The van der Waals surface area contributed by atoms with Crippen molar-refractivity contribution in [2.75, 3.05) is 19.7 Å². The van der Waals surface area contributed by atoms with Crippen LogP contribution in [0.25, 0.3) is 0 Å². The van der Waals surface area contributed by atoms with E-state index in [4.69, 9.17) is 14.9 Å². The lowest BCUT2D eigenvalue weighted by atomic mass is 10.1. The highest BCUT2D eigenvalue weighted by Gasteiger charge is 2.48. The zero-order valence-corrected chi connectivity index (χ0v) is 17.4. The zero-order chi connectivity index (χ0) is 25.1. The van der Waals surface area contributed by atoms with Gasteiger partial charge in [0.1, 0.15) is 12.2 Å². The Bertz CT molecular complexity index is 804. The second-order valence-corrected chi connectivity index (χ2v) is 7.06. The average molecular weight is 485 g/mol. The lowest BCUT2D eigenvalue weighted by Gasteiger charge is -2.30. The summed E-state index contributed by atoms with van der Waals surface area (Å²) in [6.07, 6.45) is -2.95. The summed E-state index contributed by atoms with van der Waals surface area (Å²) in [6.45, 7) is -0.820. The van der Waals surface area contributed by atoms with Crippen molar-refractivity contribution in [3.8, 4) is 0 Å². The van der Waals surface area contributed by atoms with Crippen molar-refractivity contribution in [2.24, 2.45) is 0 Å². The van der Waals surface area contributed by atoms with E-state index in [1.807, 2.05) is 0 Å². The van der Waals surface area contributed by atoms with Crippen LogP contribution in [0.2, 0.25) is 0 Å². The molecule has 0 aromatic carbocycles. The van der Waals surface area contributed by atoms with E-state index in [-0.39, 0.29) is 18.7 Å². The average Bonchev–Trinajstić information content (AvgIpc) is 3.01. The number of aliphatic hydroxyl groups excluding tert-OH is 2. The van der Waals surface area contributed by atoms with Gasteiger partial charge in [-0.05, 0) is 6.07 Å². The first-order valence-corrected chi connectivity index (χ1v) is 10.1. The van der Waals surface area contributed by atoms with Crippen LogP contribution in [0.3, 0.4) is 0 Å². The maximum absolute atomic E-state index is 10.8. The van der Waals surface area contributed by atoms with Gasteiger partial charge in [-0.1, -0.05) is 0 Å². The Kier molecular flexibility index (Phi) is 12.7. The molecular weight excluding hydrogens is 461 g/mol. The zero-order valence-electron chi connectivity index (χ0n) is 16.5. The summed E-state index contributed by atoms with van der Waals surface area (Å²) >= 11 is 0. The second kappa shape index (κ2) is 13.8. The fourth-order valence-electron chi connectivity index (χ4n) is 2.05. The normalized spacial score (nSPS) is 22.1. The molecule has 1 aromatic heterocycles. The first-order valence-electron chi connectivity index (χ1n) is 8.65. The minimum atomic E-state index is -5.24. The minimum Gasteiger partial charge on any atom is -0.790 e. The van der Waals surface area contributed by atoms with Gasteiger partial charge in [0.15, 0.2) is 31.6 Å². The summed E-state index contributed by atoms with van der Waals surface area (Å²) in [4.78, 5) is 50.2. The van der Waals surface area contributed by atoms with Gasteiger partial charge >= 0.3 is 11.9 Å². The molecule has 0 amide bonds. The number of carbonyl (C=O) groups excluding carboxylic acids is 1. The van der Waals surface area contributed by atoms with Gasteiger partial charge in [-0.25, -0.2) is 9.59 Å². The summed E-state index contributed by atoms with van der Waals surface area (Å²) in [5, 5.41) is 45.8. The van der Waals surface area contributed by atoms with Gasteiger partial charge in [0.05, 0.1) is 26.0 Å². The molecule has 4 atom stereocenters. The molecule has 0 radical (unpaired) electrons. The molecule has 32 heavy (non-hydrogen) atoms. The van der Waals surface area contributed by atoms with E-state index in [9.17, 15) is 44.1 Å². The number of rotatable bonds is 7. The summed E-state index contributed by atoms with van der Waals surface area (Å²) in [6, 6.07) is 2.62. The molecule has 1 aliphatic rings. The third kappa shape index (κ3) is 11.2. The SMILES string of the molecule is O=C([O-])c1ccc[n+]([C@@H]2O[C@H](COP(=O)([O-])[O-])[C@@H](O)[C@H]2O)c1.[NH3+]CC(=O)O.[NH3+]CC(=O)O. The van der Waals surface area contributed by atoms with Crippen LogP contribution in [0.4, 0.5) is 0 Å². The number of ether oxygens (including phenoxy) is 1. The summed E-state index contributed by atoms with van der Waals surface area (Å²) < 4.78 is 20.8. The number of pyridine rings is 1. The largest absolute Gasteiger partial charge is 0.790 e. The molecule has 0 aliphatic carbocycles. The molecule has 0 unspecified atom stereocenters. The Morgan fingerprint density at radius 1 is 1.12 bits per heavy atom. The topological polar surface area (TPSA) is 296 Å². The molecule has 182 valence electrons. The molecule has 16 nitrogen and oxygen atoms in total. The number of aromatic nitrogens is 1. The fraction of sp³-hybridized carbons (Fsp3) is 0.467. The number of phosphoric acid groups is 1. The predicted molar refractivity (Wildman–Crippen MR) is 91.2 cm³/mol. The number of aliphatic carboxylic acids is 2. The molecule has 10 N–H and O–H groups in total. The van der Waals surface area contributed by atoms with Gasteiger partial charge in [-0.15, -0.1) is 0 Å². The number of phosphoric ester groups is 1. The predicted octanol–water partition coefficient (Wildman–Crippen LogP) is -7.57. The van der Waals surface area contributed by atoms with E-state index in [0.29, 0.717) is 0 Å². The first kappa shape index (κ1) is 29.5. The number of carboxylic acids is 3. The molecule has 0 saturated carbocycles. The second-order valence-electron chi connectivity index (χ2n) is 5.90. The number of aromatic carboxylic acids is 1. The van der Waals surface area contributed by atoms with Gasteiger partial charge in [-0.3, -0.25) is 0 Å². The van der Waals surface area contributed by atoms with Crippen LogP contribution >= 0.6 is 7.82 Å². The maximum atomic E-state index is 10.8. The summed E-state index contributed by atoms with van der Waals surface area (Å²) in [5.41, 5.74) is 5.99. The summed E-state index contributed by atoms with van der Waals surface area (Å²) in [5.74, 6) is -3.16. The van der Waals surface area contributed by atoms with Gasteiger partial charge in [0.2, 0.25) is 0 Å². The van der Waals surface area contributed by atoms with Gasteiger partial charge in [0, 0.05) is 6.07 Å². The molecule has 1 saturated heterocycles. The Hall–Kier alpha value is -2.53. The minimum absolute atomic E-state index is 0.0278. The smallest absolute Gasteiger partial charge is 0.359 e. The Morgan fingerprint density at radius 2 is 1.62 bits per heavy atom. The van der Waals surface area contributed by atoms with Gasteiger partial charge < -0.3 is 65.4 Å². The lowest BCUT2D eigenvalue weighted by molar-refractivity contribution is -0.765. The highest BCUT2D eigenvalue weighted by molar-refractivity contribution is 7.43. The Balaban J connectivity index is 0.000000805. The standard InChI is InChI=1S/C11H14NO9P.2C2H5NO2/c13-8-7(5-20-22(17,18)19)21-10(9(8)14)12-3-1-2-6(4-12)11(15)16;2*3-1-2(4)5/h1-4,7-10,13-14H,5H2,(H2-,15,16,17,18,19);2*1,3H2,(H,4,5)/t7-,8-,9-,10-;;/m1../s1. The van der Waals surface area contributed by atoms with Crippen molar-refractivity contribution in [1.82, 2.24) is 0 Å². The van der Waals surface area contributed by atoms with Crippen LogP contribution in [0.1, 0.15) is 16.6 Å². The fourth-order valence-corrected chi connectivity index (χ4v) is 2.38. The van der Waals surface area contributed by atoms with Crippen LogP contribution in [0, 0.1) is 0 Å². The number of hydrogen-bond acceptors (Lipinski definition) is 11. The molecule has 17 heteroatoms. The molecule has 0 spiro atoms. The van der Waals surface area contributed by atoms with Crippen molar-refractivity contribution in [3.63, 3.8) is 0 Å². The van der Waals surface area contributed by atoms with Crippen LogP contribution in [-0.2, 0) is 23.4 Å². The highest BCUT2D eigenvalue weighted by Crippen LogP contribution is 2.30. The van der Waals surface area contributed by atoms with E-state index in [2.05, 4.69) is 16.0 Å². The summed E-state index contributed by atoms with van der Waals surface area (Å²) in [7, 11) is -5.24. The molecule has 0 bridgehead atoms. The first-order chi connectivity index (χ1) is 14.7. The molecular formula is C15H24N3O13P. The molecule has 1 aromatic rings. The monoisotopic (exact) mass is 485 g/mol. The Labute approximate surface area is 180 Å². The number of carboxylic acid groups (broad SMARTS) is 3. The van der Waals surface area contributed by atoms with Crippen LogP contribution in [0.15, 0.2) is 24.5 Å². The number of nitrogens with zero attached hydrogens (tertiary/aromatic N) is 1. The van der Waals surface area contributed by atoms with Crippen LogP contribution in [0.5, 0.6) is 0 Å².